The van der Waals surface area contributed by atoms with E-state index in [0.717, 1.165) is 31.9 Å². The SMILES string of the molecule is CCCC1(COC)CCCN1C(=O)c1cnc(C(=O)O)cn1. The number of rotatable bonds is 6. The lowest BCUT2D eigenvalue weighted by Gasteiger charge is -2.38. The summed E-state index contributed by atoms with van der Waals surface area (Å²) in [6.45, 7) is 3.23. The number of hydrogen-bond donors (Lipinski definition) is 1. The average molecular weight is 307 g/mol. The predicted molar refractivity (Wildman–Crippen MR) is 78.8 cm³/mol. The number of amides is 1. The molecule has 7 heteroatoms. The molecule has 2 heterocycles. The molecule has 0 radical (unpaired) electrons. The second kappa shape index (κ2) is 6.83. The van der Waals surface area contributed by atoms with Crippen molar-refractivity contribution in [3.05, 3.63) is 23.8 Å². The van der Waals surface area contributed by atoms with Crippen LogP contribution in [0.4, 0.5) is 0 Å². The van der Waals surface area contributed by atoms with Gasteiger partial charge in [-0.25, -0.2) is 14.8 Å². The zero-order chi connectivity index (χ0) is 16.2. The summed E-state index contributed by atoms with van der Waals surface area (Å²) in [6, 6.07) is 0. The zero-order valence-electron chi connectivity index (χ0n) is 12.9. The van der Waals surface area contributed by atoms with Gasteiger partial charge in [-0.15, -0.1) is 0 Å². The summed E-state index contributed by atoms with van der Waals surface area (Å²) in [5, 5.41) is 8.83. The fraction of sp³-hybridized carbons (Fsp3) is 0.600. The van der Waals surface area contributed by atoms with Crippen LogP contribution in [-0.4, -0.2) is 57.7 Å². The topological polar surface area (TPSA) is 92.6 Å². The summed E-state index contributed by atoms with van der Waals surface area (Å²) >= 11 is 0. The molecule has 0 saturated carbocycles. The van der Waals surface area contributed by atoms with Crippen LogP contribution in [0.3, 0.4) is 0 Å². The quantitative estimate of drug-likeness (QED) is 0.858. The molecule has 1 aromatic heterocycles. The Labute approximate surface area is 129 Å². The lowest BCUT2D eigenvalue weighted by molar-refractivity contribution is 0.0249. The number of aromatic carboxylic acids is 1. The molecular weight excluding hydrogens is 286 g/mol. The normalized spacial score (nSPS) is 21.1. The number of carbonyl (C=O) groups excluding carboxylic acids is 1. The van der Waals surface area contributed by atoms with Crippen LogP contribution < -0.4 is 0 Å². The molecule has 0 bridgehead atoms. The first-order valence-corrected chi connectivity index (χ1v) is 7.40. The molecule has 120 valence electrons. The largest absolute Gasteiger partial charge is 0.476 e. The van der Waals surface area contributed by atoms with E-state index in [1.165, 1.54) is 6.20 Å². The van der Waals surface area contributed by atoms with E-state index in [1.54, 1.807) is 7.11 Å². The highest BCUT2D eigenvalue weighted by molar-refractivity contribution is 5.93. The summed E-state index contributed by atoms with van der Waals surface area (Å²) in [6.07, 6.45) is 6.00. The van der Waals surface area contributed by atoms with Crippen molar-refractivity contribution in [1.82, 2.24) is 14.9 Å². The Bertz CT molecular complexity index is 538. The molecule has 1 fully saturated rings. The van der Waals surface area contributed by atoms with E-state index < -0.39 is 5.97 Å². The van der Waals surface area contributed by atoms with Crippen LogP contribution in [0.5, 0.6) is 0 Å². The minimum atomic E-state index is -1.16. The molecule has 0 spiro atoms. The second-order valence-corrected chi connectivity index (χ2v) is 5.56. The summed E-state index contributed by atoms with van der Waals surface area (Å²) in [7, 11) is 1.64. The van der Waals surface area contributed by atoms with Gasteiger partial charge in [0.2, 0.25) is 0 Å². The highest BCUT2D eigenvalue weighted by atomic mass is 16.5. The number of carboxylic acid groups (broad SMARTS) is 1. The van der Waals surface area contributed by atoms with E-state index in [4.69, 9.17) is 9.84 Å². The lowest BCUT2D eigenvalue weighted by Crippen LogP contribution is -2.50. The van der Waals surface area contributed by atoms with Gasteiger partial charge in [0.15, 0.2) is 5.69 Å². The third-order valence-electron chi connectivity index (χ3n) is 4.06. The standard InChI is InChI=1S/C15H21N3O4/c1-3-5-15(10-22-2)6-4-7-18(15)13(19)11-8-17-12(9-16-11)14(20)21/h8-9H,3-7,10H2,1-2H3,(H,20,21). The van der Waals surface area contributed by atoms with Crippen LogP contribution >= 0.6 is 0 Å². The molecule has 1 atom stereocenters. The summed E-state index contributed by atoms with van der Waals surface area (Å²) in [5.41, 5.74) is -0.300. The third kappa shape index (κ3) is 3.09. The number of ether oxygens (including phenoxy) is 1. The fourth-order valence-corrected chi connectivity index (χ4v) is 3.16. The highest BCUT2D eigenvalue weighted by Crippen LogP contribution is 2.34. The molecular formula is C15H21N3O4. The van der Waals surface area contributed by atoms with Crippen molar-refractivity contribution in [3.8, 4) is 0 Å². The maximum atomic E-state index is 12.7. The Morgan fingerprint density at radius 3 is 2.59 bits per heavy atom. The molecule has 2 rings (SSSR count). The first-order chi connectivity index (χ1) is 10.5. The highest BCUT2D eigenvalue weighted by Gasteiger charge is 2.43. The van der Waals surface area contributed by atoms with E-state index in [0.29, 0.717) is 13.2 Å². The summed E-state index contributed by atoms with van der Waals surface area (Å²) in [5.74, 6) is -1.38. The zero-order valence-corrected chi connectivity index (χ0v) is 12.9. The summed E-state index contributed by atoms with van der Waals surface area (Å²) in [4.78, 5) is 33.0. The van der Waals surface area contributed by atoms with Gasteiger partial charge in [0.05, 0.1) is 24.5 Å². The predicted octanol–water partition coefficient (Wildman–Crippen LogP) is 1.60. The van der Waals surface area contributed by atoms with Crippen LogP contribution in [0.2, 0.25) is 0 Å². The molecule has 1 saturated heterocycles. The number of carboxylic acids is 1. The third-order valence-corrected chi connectivity index (χ3v) is 4.06. The van der Waals surface area contributed by atoms with Gasteiger partial charge in [-0.2, -0.15) is 0 Å². The minimum absolute atomic E-state index is 0.170. The van der Waals surface area contributed by atoms with E-state index in [9.17, 15) is 9.59 Å². The molecule has 22 heavy (non-hydrogen) atoms. The maximum absolute atomic E-state index is 12.7. The average Bonchev–Trinajstić information content (AvgIpc) is 2.91. The first-order valence-electron chi connectivity index (χ1n) is 7.40. The Balaban J connectivity index is 2.24. The smallest absolute Gasteiger partial charge is 0.356 e. The molecule has 0 aromatic carbocycles. The van der Waals surface area contributed by atoms with Gasteiger partial charge in [-0.3, -0.25) is 4.79 Å². The van der Waals surface area contributed by atoms with Crippen molar-refractivity contribution in [2.75, 3.05) is 20.3 Å². The molecule has 1 aromatic rings. The van der Waals surface area contributed by atoms with Crippen molar-refractivity contribution >= 4 is 11.9 Å². The van der Waals surface area contributed by atoms with Gasteiger partial charge < -0.3 is 14.7 Å². The first kappa shape index (κ1) is 16.4. The van der Waals surface area contributed by atoms with Gasteiger partial charge in [-0.1, -0.05) is 13.3 Å². The fourth-order valence-electron chi connectivity index (χ4n) is 3.16. The van der Waals surface area contributed by atoms with Crippen molar-refractivity contribution in [2.45, 2.75) is 38.1 Å². The van der Waals surface area contributed by atoms with Gasteiger partial charge >= 0.3 is 5.97 Å². The Morgan fingerprint density at radius 1 is 1.36 bits per heavy atom. The number of nitrogens with zero attached hydrogens (tertiary/aromatic N) is 3. The Kier molecular flexibility index (Phi) is 5.07. The van der Waals surface area contributed by atoms with E-state index in [2.05, 4.69) is 16.9 Å². The van der Waals surface area contributed by atoms with Crippen LogP contribution in [0.1, 0.15) is 53.6 Å². The molecule has 1 unspecified atom stereocenters. The van der Waals surface area contributed by atoms with E-state index in [-0.39, 0.29) is 22.8 Å². The second-order valence-electron chi connectivity index (χ2n) is 5.56. The van der Waals surface area contributed by atoms with E-state index in [1.807, 2.05) is 4.90 Å². The number of aromatic nitrogens is 2. The molecule has 1 aliphatic rings. The van der Waals surface area contributed by atoms with Crippen LogP contribution in [0.15, 0.2) is 12.4 Å². The minimum Gasteiger partial charge on any atom is -0.476 e. The molecule has 1 aliphatic heterocycles. The lowest BCUT2D eigenvalue weighted by atomic mass is 9.91. The van der Waals surface area contributed by atoms with Gasteiger partial charge in [-0.05, 0) is 19.3 Å². The number of carbonyl (C=O) groups is 2. The van der Waals surface area contributed by atoms with Crippen LogP contribution in [-0.2, 0) is 4.74 Å². The molecule has 7 nitrogen and oxygen atoms in total. The number of methoxy groups -OCH3 is 1. The monoisotopic (exact) mass is 307 g/mol. The van der Waals surface area contributed by atoms with Crippen molar-refractivity contribution < 1.29 is 19.4 Å². The van der Waals surface area contributed by atoms with Crippen LogP contribution in [0, 0.1) is 0 Å². The van der Waals surface area contributed by atoms with Gasteiger partial charge in [0, 0.05) is 13.7 Å². The molecule has 1 amide bonds. The van der Waals surface area contributed by atoms with Gasteiger partial charge in [0.1, 0.15) is 5.69 Å². The van der Waals surface area contributed by atoms with Crippen LogP contribution in [0.25, 0.3) is 0 Å². The summed E-state index contributed by atoms with van der Waals surface area (Å²) < 4.78 is 5.34. The molecule has 1 N–H and O–H groups in total. The van der Waals surface area contributed by atoms with Crippen molar-refractivity contribution in [1.29, 1.82) is 0 Å². The van der Waals surface area contributed by atoms with Gasteiger partial charge in [0.25, 0.3) is 5.91 Å². The number of likely N-dealkylation sites (tertiary alicyclic amines) is 1. The maximum Gasteiger partial charge on any atom is 0.356 e. The number of hydrogen-bond acceptors (Lipinski definition) is 5. The van der Waals surface area contributed by atoms with Crippen molar-refractivity contribution in [3.63, 3.8) is 0 Å². The van der Waals surface area contributed by atoms with Crippen molar-refractivity contribution in [2.24, 2.45) is 0 Å². The van der Waals surface area contributed by atoms with E-state index >= 15 is 0 Å². The Hall–Kier alpha value is -2.02. The molecule has 0 aliphatic carbocycles. The Morgan fingerprint density at radius 2 is 2.05 bits per heavy atom.